The highest BCUT2D eigenvalue weighted by Crippen LogP contribution is 2.44. The van der Waals surface area contributed by atoms with Crippen LogP contribution in [0.5, 0.6) is 0 Å². The maximum absolute atomic E-state index is 11.3. The first-order valence-electron chi connectivity index (χ1n) is 20.3. The van der Waals surface area contributed by atoms with Crippen LogP contribution in [0.2, 0.25) is 0 Å². The van der Waals surface area contributed by atoms with Crippen molar-refractivity contribution in [1.82, 2.24) is 40.4 Å². The number of alkyl carbamates (subject to hydrolysis) is 1. The van der Waals surface area contributed by atoms with Gasteiger partial charge in [-0.05, 0) is 54.5 Å². The number of rotatable bonds is 7. The van der Waals surface area contributed by atoms with Crippen molar-refractivity contribution >= 4 is 66.9 Å². The number of methoxy groups -OCH3 is 1. The molecule has 2 aliphatic heterocycles. The van der Waals surface area contributed by atoms with E-state index < -0.39 is 6.09 Å². The van der Waals surface area contributed by atoms with Gasteiger partial charge in [-0.2, -0.15) is 0 Å². The zero-order valence-corrected chi connectivity index (χ0v) is 36.7. The van der Waals surface area contributed by atoms with Crippen molar-refractivity contribution in [3.8, 4) is 33.5 Å². The van der Waals surface area contributed by atoms with Crippen LogP contribution in [0, 0.1) is 0 Å². The first kappa shape index (κ1) is 46.2. The maximum Gasteiger partial charge on any atom is 0.407 e. The number of hydrogen-bond acceptors (Lipinski definition) is 9. The fraction of sp³-hybridized carbons (Fsp3) is 0.409. The van der Waals surface area contributed by atoms with Crippen molar-refractivity contribution in [1.29, 1.82) is 0 Å². The molecule has 0 radical (unpaired) electrons. The van der Waals surface area contributed by atoms with E-state index >= 15 is 0 Å². The van der Waals surface area contributed by atoms with Crippen LogP contribution >= 0.6 is 22.7 Å². The molecule has 0 aliphatic carbocycles. The van der Waals surface area contributed by atoms with Crippen LogP contribution in [0.3, 0.4) is 0 Å². The highest BCUT2D eigenvalue weighted by Gasteiger charge is 2.19. The summed E-state index contributed by atoms with van der Waals surface area (Å²) in [5, 5.41) is 9.38. The number of benzene rings is 2. The Kier molecular flexibility index (Phi) is 19.1. The van der Waals surface area contributed by atoms with E-state index in [2.05, 4.69) is 116 Å². The molecule has 0 bridgehead atoms. The van der Waals surface area contributed by atoms with Crippen LogP contribution in [0.25, 0.3) is 53.9 Å². The standard InChI is InChI=1S/C22H14N4S2.C8H14N2O3.C8H14N2O2.2C3H8/c1-3-14(20-8-23-11-24-20)4-2-13(1)16-9-27-22-17(10-28-21(16)22)15-5-6-18-19(7-15)26-12-25-18;1-13-8(12)9-6-7(11)10-4-2-3-5-10;1-7(11)9-6-8(12)10-4-2-3-5-10;2*1-3-2/h1-12H,(H,23,24)(H,25,26);2-6H2,1H3,(H,9,12);2-6H2,1H3,(H,9,11);2*3H2,1-2H3. The molecule has 2 aromatic carbocycles. The van der Waals surface area contributed by atoms with Crippen LogP contribution in [-0.2, 0) is 19.1 Å². The zero-order chi connectivity index (χ0) is 42.6. The quantitative estimate of drug-likeness (QED) is 0.124. The Morgan fingerprint density at radius 2 is 1.22 bits per heavy atom. The smallest absolute Gasteiger partial charge is 0.407 e. The molecule has 0 spiro atoms. The Hall–Kier alpha value is -5.54. The highest BCUT2D eigenvalue weighted by molar-refractivity contribution is 7.27. The Labute approximate surface area is 355 Å². The predicted molar refractivity (Wildman–Crippen MR) is 240 cm³/mol. The van der Waals surface area contributed by atoms with Crippen molar-refractivity contribution in [2.24, 2.45) is 0 Å². The summed E-state index contributed by atoms with van der Waals surface area (Å²) in [6, 6.07) is 15.1. The van der Waals surface area contributed by atoms with E-state index in [-0.39, 0.29) is 30.8 Å². The molecule has 2 aliphatic rings. The molecule has 59 heavy (non-hydrogen) atoms. The van der Waals surface area contributed by atoms with Gasteiger partial charge in [-0.1, -0.05) is 70.9 Å². The number of nitrogens with one attached hydrogen (secondary N) is 4. The van der Waals surface area contributed by atoms with Gasteiger partial charge < -0.3 is 35.1 Å². The van der Waals surface area contributed by atoms with Gasteiger partial charge in [0.05, 0.1) is 58.6 Å². The predicted octanol–water partition coefficient (Wildman–Crippen LogP) is 9.11. The average Bonchev–Trinajstić information content (AvgIpc) is 4.09. The number of nitrogens with zero attached hydrogens (tertiary/aromatic N) is 4. The number of H-pyrrole nitrogens is 2. The zero-order valence-electron chi connectivity index (χ0n) is 35.1. The first-order valence-corrected chi connectivity index (χ1v) is 22.0. The Morgan fingerprint density at radius 1 is 0.712 bits per heavy atom. The van der Waals surface area contributed by atoms with Gasteiger partial charge in [-0.15, -0.1) is 22.7 Å². The molecule has 8 rings (SSSR count). The molecular formula is C44H58N8O5S2. The fourth-order valence-electron chi connectivity index (χ4n) is 6.14. The molecule has 4 N–H and O–H groups in total. The summed E-state index contributed by atoms with van der Waals surface area (Å²) in [6.45, 7) is 13.4. The molecule has 0 atom stereocenters. The number of carbonyl (C=O) groups is 4. The van der Waals surface area contributed by atoms with E-state index in [1.165, 1.54) is 58.5 Å². The number of imidazole rings is 2. The number of likely N-dealkylation sites (tertiary alicyclic amines) is 2. The molecule has 0 saturated carbocycles. The SMILES string of the molecule is CC(=O)NCC(=O)N1CCCC1.CCC.CCC.COC(=O)NCC(=O)N1CCCC1.c1ncc(-c2ccc(-c3csc4c(-c5ccc6nc[nH]c6c5)csc34)cc2)[nH]1. The third kappa shape index (κ3) is 13.8. The summed E-state index contributed by atoms with van der Waals surface area (Å²) >= 11 is 3.63. The summed E-state index contributed by atoms with van der Waals surface area (Å²) in [6.07, 6.45) is 11.5. The van der Waals surface area contributed by atoms with Gasteiger partial charge in [0, 0.05) is 55.0 Å². The van der Waals surface area contributed by atoms with Gasteiger partial charge >= 0.3 is 6.09 Å². The maximum atomic E-state index is 11.3. The van der Waals surface area contributed by atoms with Crippen LogP contribution in [-0.4, -0.2) is 99.9 Å². The molecule has 6 aromatic rings. The molecular weight excluding hydrogens is 785 g/mol. The highest BCUT2D eigenvalue weighted by atomic mass is 32.1. The molecule has 15 heteroatoms. The number of amides is 4. The Morgan fingerprint density at radius 3 is 1.73 bits per heavy atom. The normalized spacial score (nSPS) is 12.8. The third-order valence-electron chi connectivity index (χ3n) is 9.00. The molecule has 2 saturated heterocycles. The number of carbonyl (C=O) groups excluding carboxylic acids is 4. The van der Waals surface area contributed by atoms with Gasteiger partial charge in [0.15, 0.2) is 0 Å². The number of ether oxygens (including phenoxy) is 1. The lowest BCUT2D eigenvalue weighted by Crippen LogP contribution is -2.38. The van der Waals surface area contributed by atoms with Crippen molar-refractivity contribution in [2.75, 3.05) is 46.4 Å². The monoisotopic (exact) mass is 842 g/mol. The van der Waals surface area contributed by atoms with Crippen molar-refractivity contribution in [3.05, 3.63) is 72.1 Å². The van der Waals surface area contributed by atoms with Crippen LogP contribution in [0.4, 0.5) is 4.79 Å². The van der Waals surface area contributed by atoms with Gasteiger partial charge in [0.25, 0.3) is 0 Å². The second kappa shape index (κ2) is 24.4. The lowest BCUT2D eigenvalue weighted by Gasteiger charge is -2.14. The van der Waals surface area contributed by atoms with E-state index in [0.29, 0.717) is 0 Å². The second-order valence-electron chi connectivity index (χ2n) is 14.0. The minimum Gasteiger partial charge on any atom is -0.453 e. The molecule has 2 fully saturated rings. The van der Waals surface area contributed by atoms with Crippen LogP contribution in [0.15, 0.2) is 72.1 Å². The minimum absolute atomic E-state index is 0.0303. The van der Waals surface area contributed by atoms with Crippen molar-refractivity contribution in [3.63, 3.8) is 0 Å². The average molecular weight is 843 g/mol. The molecule has 4 amide bonds. The van der Waals surface area contributed by atoms with E-state index in [4.69, 9.17) is 0 Å². The Bertz CT molecular complexity index is 2180. The number of hydrogen-bond donors (Lipinski definition) is 4. The van der Waals surface area contributed by atoms with E-state index in [9.17, 15) is 19.2 Å². The molecule has 316 valence electrons. The molecule has 13 nitrogen and oxygen atoms in total. The molecule has 4 aromatic heterocycles. The van der Waals surface area contributed by atoms with Gasteiger partial charge in [0.2, 0.25) is 17.7 Å². The topological polar surface area (TPSA) is 165 Å². The number of aromatic nitrogens is 4. The van der Waals surface area contributed by atoms with Crippen LogP contribution in [0.1, 0.15) is 73.1 Å². The second-order valence-corrected chi connectivity index (χ2v) is 15.7. The lowest BCUT2D eigenvalue weighted by molar-refractivity contribution is -0.131. The summed E-state index contributed by atoms with van der Waals surface area (Å²) < 4.78 is 7.03. The van der Waals surface area contributed by atoms with Gasteiger partial charge in [-0.3, -0.25) is 14.4 Å². The fourth-order valence-corrected chi connectivity index (χ4v) is 8.60. The van der Waals surface area contributed by atoms with E-state index in [1.807, 2.05) is 28.9 Å². The van der Waals surface area contributed by atoms with Gasteiger partial charge in [0.1, 0.15) is 6.54 Å². The number of fused-ring (bicyclic) bond motifs is 2. The molecule has 0 unspecified atom stereocenters. The summed E-state index contributed by atoms with van der Waals surface area (Å²) in [7, 11) is 1.27. The van der Waals surface area contributed by atoms with E-state index in [1.54, 1.807) is 22.5 Å². The molecule has 6 heterocycles. The van der Waals surface area contributed by atoms with E-state index in [0.717, 1.165) is 74.2 Å². The summed E-state index contributed by atoms with van der Waals surface area (Å²) in [4.78, 5) is 62.0. The number of aromatic amines is 2. The summed E-state index contributed by atoms with van der Waals surface area (Å²) in [5.41, 5.74) is 9.32. The minimum atomic E-state index is -0.562. The van der Waals surface area contributed by atoms with Crippen molar-refractivity contribution < 1.29 is 23.9 Å². The number of thiophene rings is 2. The summed E-state index contributed by atoms with van der Waals surface area (Å²) in [5.74, 6) is -0.159. The lowest BCUT2D eigenvalue weighted by atomic mass is 10.0. The van der Waals surface area contributed by atoms with Gasteiger partial charge in [-0.25, -0.2) is 14.8 Å². The Balaban J connectivity index is 0.000000208. The van der Waals surface area contributed by atoms with Crippen molar-refractivity contribution in [2.45, 2.75) is 73.1 Å². The van der Waals surface area contributed by atoms with Crippen LogP contribution < -0.4 is 10.6 Å². The first-order chi connectivity index (χ1) is 28.6. The largest absolute Gasteiger partial charge is 0.453 e. The third-order valence-corrected chi connectivity index (χ3v) is 11.2.